The number of hydrogen-bond acceptors (Lipinski definition) is 5. The van der Waals surface area contributed by atoms with Gasteiger partial charge >= 0.3 is 6.18 Å². The molecule has 1 aliphatic rings. The van der Waals surface area contributed by atoms with Gasteiger partial charge in [-0.25, -0.2) is 0 Å². The van der Waals surface area contributed by atoms with E-state index in [0.29, 0.717) is 24.2 Å². The molecule has 1 N–H and O–H groups in total. The van der Waals surface area contributed by atoms with Gasteiger partial charge in [-0.1, -0.05) is 5.16 Å². The molecule has 19 heavy (non-hydrogen) atoms. The van der Waals surface area contributed by atoms with Gasteiger partial charge in [-0.3, -0.25) is 0 Å². The van der Waals surface area contributed by atoms with Crippen LogP contribution in [0.5, 0.6) is 0 Å². The molecule has 1 aromatic rings. The highest BCUT2D eigenvalue weighted by Crippen LogP contribution is 2.14. The number of halogens is 3. The van der Waals surface area contributed by atoms with E-state index >= 15 is 0 Å². The molecule has 1 saturated heterocycles. The Hall–Kier alpha value is -1.15. The summed E-state index contributed by atoms with van der Waals surface area (Å²) in [4.78, 5) is 4.13. The van der Waals surface area contributed by atoms with Crippen molar-refractivity contribution in [2.45, 2.75) is 37.9 Å². The van der Waals surface area contributed by atoms with Crippen LogP contribution in [0.4, 0.5) is 13.2 Å². The van der Waals surface area contributed by atoms with Crippen LogP contribution >= 0.6 is 0 Å². The van der Waals surface area contributed by atoms with Crippen LogP contribution in [0.3, 0.4) is 0 Å². The van der Waals surface area contributed by atoms with Gasteiger partial charge in [0.2, 0.25) is 5.89 Å². The van der Waals surface area contributed by atoms with Gasteiger partial charge in [-0.15, -0.1) is 0 Å². The lowest BCUT2D eigenvalue weighted by Gasteiger charge is -2.05. The largest absolute Gasteiger partial charge is 0.411 e. The van der Waals surface area contributed by atoms with E-state index in [1.165, 1.54) is 0 Å². The molecular formula is C11H16F3N3O2. The van der Waals surface area contributed by atoms with E-state index in [0.717, 1.165) is 19.4 Å². The minimum atomic E-state index is -4.30. The molecule has 1 fully saturated rings. The molecule has 0 radical (unpaired) electrons. The zero-order valence-corrected chi connectivity index (χ0v) is 10.4. The van der Waals surface area contributed by atoms with E-state index in [9.17, 15) is 13.2 Å². The first-order chi connectivity index (χ1) is 9.03. The third-order valence-electron chi connectivity index (χ3n) is 2.83. The second kappa shape index (κ2) is 6.33. The molecular weight excluding hydrogens is 263 g/mol. The van der Waals surface area contributed by atoms with Crippen molar-refractivity contribution in [3.8, 4) is 0 Å². The number of hydrogen-bond donors (Lipinski definition) is 1. The third-order valence-corrected chi connectivity index (χ3v) is 2.83. The van der Waals surface area contributed by atoms with E-state index in [1.54, 1.807) is 0 Å². The number of ether oxygens (including phenoxy) is 1. The van der Waals surface area contributed by atoms with Crippen LogP contribution in [0, 0.1) is 0 Å². The maximum atomic E-state index is 11.8. The summed E-state index contributed by atoms with van der Waals surface area (Å²) < 4.78 is 45.0. The monoisotopic (exact) mass is 279 g/mol. The maximum Gasteiger partial charge on any atom is 0.411 e. The van der Waals surface area contributed by atoms with Crippen molar-refractivity contribution >= 4 is 0 Å². The van der Waals surface area contributed by atoms with Crippen molar-refractivity contribution < 1.29 is 22.4 Å². The molecule has 2 heterocycles. The summed E-state index contributed by atoms with van der Waals surface area (Å²) in [6.07, 6.45) is -1.20. The predicted molar refractivity (Wildman–Crippen MR) is 59.6 cm³/mol. The molecule has 0 aliphatic carbocycles. The summed E-state index contributed by atoms with van der Waals surface area (Å²) in [7, 11) is 0. The highest BCUT2D eigenvalue weighted by molar-refractivity contribution is 4.91. The van der Waals surface area contributed by atoms with Crippen molar-refractivity contribution in [2.24, 2.45) is 0 Å². The molecule has 1 aliphatic heterocycles. The molecule has 8 heteroatoms. The average Bonchev–Trinajstić information content (AvgIpc) is 2.96. The van der Waals surface area contributed by atoms with E-state index < -0.39 is 12.8 Å². The Morgan fingerprint density at radius 3 is 2.95 bits per heavy atom. The Morgan fingerprint density at radius 1 is 1.42 bits per heavy atom. The number of rotatable bonds is 6. The first-order valence-corrected chi connectivity index (χ1v) is 6.22. The Balaban J connectivity index is 1.68. The first-order valence-electron chi connectivity index (χ1n) is 6.22. The molecule has 0 bridgehead atoms. The van der Waals surface area contributed by atoms with Gasteiger partial charge in [0.05, 0.1) is 6.61 Å². The summed E-state index contributed by atoms with van der Waals surface area (Å²) in [6, 6.07) is 0.356. The quantitative estimate of drug-likeness (QED) is 0.799. The van der Waals surface area contributed by atoms with Crippen LogP contribution in [0.2, 0.25) is 0 Å². The van der Waals surface area contributed by atoms with Crippen molar-refractivity contribution in [3.05, 3.63) is 11.7 Å². The average molecular weight is 279 g/mol. The van der Waals surface area contributed by atoms with Crippen molar-refractivity contribution in [2.75, 3.05) is 19.8 Å². The van der Waals surface area contributed by atoms with Gasteiger partial charge in [-0.2, -0.15) is 18.2 Å². The van der Waals surface area contributed by atoms with Gasteiger partial charge in [0.1, 0.15) is 6.61 Å². The Labute approximate surface area is 108 Å². The van der Waals surface area contributed by atoms with E-state index in [-0.39, 0.29) is 13.0 Å². The van der Waals surface area contributed by atoms with Crippen molar-refractivity contribution in [1.82, 2.24) is 15.5 Å². The summed E-state index contributed by atoms with van der Waals surface area (Å²) in [5.74, 6) is 0.903. The van der Waals surface area contributed by atoms with Gasteiger partial charge in [-0.05, 0) is 19.4 Å². The normalized spacial score (nSPS) is 20.1. The van der Waals surface area contributed by atoms with Crippen LogP contribution in [0.25, 0.3) is 0 Å². The molecule has 5 nitrogen and oxygen atoms in total. The lowest BCUT2D eigenvalue weighted by molar-refractivity contribution is -0.173. The molecule has 1 unspecified atom stereocenters. The Bertz CT molecular complexity index is 389. The molecule has 0 aromatic carbocycles. The molecule has 1 aromatic heterocycles. The SMILES string of the molecule is FC(F)(F)COCCc1noc(CC2CCCN2)n1. The fraction of sp³-hybridized carbons (Fsp3) is 0.818. The minimum absolute atomic E-state index is 0.0693. The lowest BCUT2D eigenvalue weighted by atomic mass is 10.1. The van der Waals surface area contributed by atoms with Gasteiger partial charge < -0.3 is 14.6 Å². The minimum Gasteiger partial charge on any atom is -0.372 e. The molecule has 0 saturated carbocycles. The summed E-state index contributed by atoms with van der Waals surface area (Å²) in [6.45, 7) is -0.319. The van der Waals surface area contributed by atoms with Crippen LogP contribution in [-0.4, -0.2) is 42.1 Å². The molecule has 108 valence electrons. The number of nitrogens with one attached hydrogen (secondary N) is 1. The number of alkyl halides is 3. The third kappa shape index (κ3) is 5.15. The van der Waals surface area contributed by atoms with Crippen molar-refractivity contribution in [3.63, 3.8) is 0 Å². The van der Waals surface area contributed by atoms with Gasteiger partial charge in [0.15, 0.2) is 5.82 Å². The van der Waals surface area contributed by atoms with Gasteiger partial charge in [0, 0.05) is 18.9 Å². The topological polar surface area (TPSA) is 60.2 Å². The predicted octanol–water partition coefficient (Wildman–Crippen LogP) is 1.49. The summed E-state index contributed by atoms with van der Waals surface area (Å²) >= 11 is 0. The van der Waals surface area contributed by atoms with E-state index in [2.05, 4.69) is 20.2 Å². The first kappa shape index (κ1) is 14.3. The number of nitrogens with zero attached hydrogens (tertiary/aromatic N) is 2. The second-order valence-corrected chi connectivity index (χ2v) is 4.52. The zero-order chi connectivity index (χ0) is 13.7. The highest BCUT2D eigenvalue weighted by Gasteiger charge is 2.27. The molecule has 2 rings (SSSR count). The van der Waals surface area contributed by atoms with Crippen LogP contribution in [0.1, 0.15) is 24.6 Å². The summed E-state index contributed by atoms with van der Waals surface area (Å²) in [5.41, 5.74) is 0. The highest BCUT2D eigenvalue weighted by atomic mass is 19.4. The number of aromatic nitrogens is 2. The Kier molecular flexibility index (Phi) is 4.76. The molecule has 0 amide bonds. The molecule has 0 spiro atoms. The fourth-order valence-corrected chi connectivity index (χ4v) is 1.97. The zero-order valence-electron chi connectivity index (χ0n) is 10.4. The molecule has 1 atom stereocenters. The van der Waals surface area contributed by atoms with Crippen LogP contribution in [0.15, 0.2) is 4.52 Å². The van der Waals surface area contributed by atoms with Crippen LogP contribution in [-0.2, 0) is 17.6 Å². The second-order valence-electron chi connectivity index (χ2n) is 4.52. The van der Waals surface area contributed by atoms with E-state index in [4.69, 9.17) is 4.52 Å². The maximum absolute atomic E-state index is 11.8. The van der Waals surface area contributed by atoms with E-state index in [1.807, 2.05) is 0 Å². The summed E-state index contributed by atoms with van der Waals surface area (Å²) in [5, 5.41) is 7.02. The standard InChI is InChI=1S/C11H16F3N3O2/c12-11(13,14)7-18-5-3-9-16-10(19-17-9)6-8-2-1-4-15-8/h8,15H,1-7H2. The van der Waals surface area contributed by atoms with Gasteiger partial charge in [0.25, 0.3) is 0 Å². The smallest absolute Gasteiger partial charge is 0.372 e. The fourth-order valence-electron chi connectivity index (χ4n) is 1.97. The van der Waals surface area contributed by atoms with Crippen molar-refractivity contribution in [1.29, 1.82) is 0 Å². The van der Waals surface area contributed by atoms with Crippen LogP contribution < -0.4 is 5.32 Å². The Morgan fingerprint density at radius 2 is 2.26 bits per heavy atom. The lowest BCUT2D eigenvalue weighted by Crippen LogP contribution is -2.23.